The number of carbonyl (C=O) groups excluding carboxylic acids is 3. The Hall–Kier alpha value is -4.71. The first-order valence-electron chi connectivity index (χ1n) is 11.7. The molecule has 36 heavy (non-hydrogen) atoms. The highest BCUT2D eigenvalue weighted by atomic mass is 16.5. The fourth-order valence-corrected chi connectivity index (χ4v) is 4.69. The standard InChI is InChI=1S/C30H22N2O4/c1-18-3-9-23(10-4-18)36-24-11-7-22(8-12-24)32-17-21-15-19(5-13-25(21)30(32)35)20-6-14-26-27(16-20)29(34)31(2)28(26)33/h3-16H,17H2,1-2H3. The molecule has 3 amide bonds. The number of imide groups is 1. The van der Waals surface area contributed by atoms with E-state index in [1.54, 1.807) is 17.0 Å². The average molecular weight is 475 g/mol. The normalized spacial score (nSPS) is 14.3. The summed E-state index contributed by atoms with van der Waals surface area (Å²) in [5, 5.41) is 0. The van der Waals surface area contributed by atoms with Crippen molar-refractivity contribution in [3.63, 3.8) is 0 Å². The Morgan fingerprint density at radius 1 is 0.639 bits per heavy atom. The second-order valence-corrected chi connectivity index (χ2v) is 9.10. The Balaban J connectivity index is 1.23. The molecule has 0 unspecified atom stereocenters. The van der Waals surface area contributed by atoms with E-state index in [1.807, 2.05) is 79.7 Å². The minimum Gasteiger partial charge on any atom is -0.457 e. The third kappa shape index (κ3) is 3.55. The summed E-state index contributed by atoms with van der Waals surface area (Å²) >= 11 is 0. The lowest BCUT2D eigenvalue weighted by Gasteiger charge is -2.16. The van der Waals surface area contributed by atoms with Gasteiger partial charge in [0.25, 0.3) is 17.7 Å². The number of nitrogens with zero attached hydrogens (tertiary/aromatic N) is 2. The van der Waals surface area contributed by atoms with E-state index >= 15 is 0 Å². The fourth-order valence-electron chi connectivity index (χ4n) is 4.69. The van der Waals surface area contributed by atoms with Gasteiger partial charge < -0.3 is 9.64 Å². The van der Waals surface area contributed by atoms with Gasteiger partial charge in [0.05, 0.1) is 17.7 Å². The molecule has 0 N–H and O–H groups in total. The van der Waals surface area contributed by atoms with Crippen LogP contribution in [0.2, 0.25) is 0 Å². The van der Waals surface area contributed by atoms with Crippen LogP contribution in [0.4, 0.5) is 5.69 Å². The Labute approximate surface area is 208 Å². The number of carbonyl (C=O) groups is 3. The van der Waals surface area contributed by atoms with Gasteiger partial charge in [0.15, 0.2) is 0 Å². The van der Waals surface area contributed by atoms with Gasteiger partial charge in [-0.1, -0.05) is 29.8 Å². The highest BCUT2D eigenvalue weighted by Gasteiger charge is 2.33. The first-order valence-corrected chi connectivity index (χ1v) is 11.7. The van der Waals surface area contributed by atoms with Gasteiger partial charge in [-0.2, -0.15) is 0 Å². The lowest BCUT2D eigenvalue weighted by atomic mass is 9.97. The van der Waals surface area contributed by atoms with E-state index < -0.39 is 0 Å². The number of hydrogen-bond donors (Lipinski definition) is 0. The van der Waals surface area contributed by atoms with Gasteiger partial charge in [-0.25, -0.2) is 0 Å². The summed E-state index contributed by atoms with van der Waals surface area (Å²) in [5.41, 5.74) is 6.08. The molecule has 0 atom stereocenters. The molecule has 0 saturated carbocycles. The second-order valence-electron chi connectivity index (χ2n) is 9.10. The van der Waals surface area contributed by atoms with Crippen LogP contribution in [0.25, 0.3) is 11.1 Å². The number of fused-ring (bicyclic) bond motifs is 2. The number of ether oxygens (including phenoxy) is 1. The van der Waals surface area contributed by atoms with Gasteiger partial charge in [0.1, 0.15) is 11.5 Å². The van der Waals surface area contributed by atoms with Gasteiger partial charge in [-0.05, 0) is 84.3 Å². The molecule has 4 aromatic rings. The highest BCUT2D eigenvalue weighted by Crippen LogP contribution is 2.34. The van der Waals surface area contributed by atoms with E-state index in [0.29, 0.717) is 29.0 Å². The SMILES string of the molecule is Cc1ccc(Oc2ccc(N3Cc4cc(-c5ccc6c(c5)C(=O)N(C)C6=O)ccc4C3=O)cc2)cc1. The Kier molecular flexibility index (Phi) is 4.97. The van der Waals surface area contributed by atoms with Crippen molar-refractivity contribution in [2.45, 2.75) is 13.5 Å². The van der Waals surface area contributed by atoms with Crippen molar-refractivity contribution < 1.29 is 19.1 Å². The number of benzene rings is 4. The van der Waals surface area contributed by atoms with Crippen LogP contribution in [0.5, 0.6) is 11.5 Å². The predicted octanol–water partition coefficient (Wildman–Crippen LogP) is 5.84. The maximum atomic E-state index is 13.1. The van der Waals surface area contributed by atoms with Crippen LogP contribution in [0.15, 0.2) is 84.9 Å². The van der Waals surface area contributed by atoms with Crippen molar-refractivity contribution in [1.29, 1.82) is 0 Å². The number of rotatable bonds is 4. The first kappa shape index (κ1) is 21.8. The molecule has 6 nitrogen and oxygen atoms in total. The van der Waals surface area contributed by atoms with Crippen LogP contribution in [0, 0.1) is 6.92 Å². The monoisotopic (exact) mass is 474 g/mol. The van der Waals surface area contributed by atoms with Gasteiger partial charge in [-0.3, -0.25) is 19.3 Å². The number of anilines is 1. The Morgan fingerprint density at radius 2 is 1.22 bits per heavy atom. The topological polar surface area (TPSA) is 66.9 Å². The third-order valence-corrected chi connectivity index (χ3v) is 6.74. The maximum Gasteiger partial charge on any atom is 0.261 e. The second kappa shape index (κ2) is 8.20. The van der Waals surface area contributed by atoms with Crippen LogP contribution in [0.3, 0.4) is 0 Å². The minimum atomic E-state index is -0.297. The third-order valence-electron chi connectivity index (χ3n) is 6.74. The van der Waals surface area contributed by atoms with Crippen LogP contribution >= 0.6 is 0 Å². The molecule has 0 bridgehead atoms. The maximum absolute atomic E-state index is 13.1. The molecular formula is C30H22N2O4. The smallest absolute Gasteiger partial charge is 0.261 e. The lowest BCUT2D eigenvalue weighted by molar-refractivity contribution is 0.0692. The summed E-state index contributed by atoms with van der Waals surface area (Å²) in [6, 6.07) is 26.3. The van der Waals surface area contributed by atoms with Crippen molar-refractivity contribution in [2.24, 2.45) is 0 Å². The van der Waals surface area contributed by atoms with Gasteiger partial charge in [0.2, 0.25) is 0 Å². The molecule has 2 aliphatic rings. The van der Waals surface area contributed by atoms with E-state index in [4.69, 9.17) is 4.74 Å². The highest BCUT2D eigenvalue weighted by molar-refractivity contribution is 6.21. The molecule has 0 saturated heterocycles. The van der Waals surface area contributed by atoms with E-state index in [1.165, 1.54) is 12.6 Å². The fraction of sp³-hybridized carbons (Fsp3) is 0.100. The van der Waals surface area contributed by atoms with E-state index in [0.717, 1.165) is 33.0 Å². The van der Waals surface area contributed by atoms with E-state index in [2.05, 4.69) is 0 Å². The van der Waals surface area contributed by atoms with Crippen LogP contribution in [-0.4, -0.2) is 29.7 Å². The summed E-state index contributed by atoms with van der Waals surface area (Å²) in [5.74, 6) is 0.820. The summed E-state index contributed by atoms with van der Waals surface area (Å²) in [4.78, 5) is 40.6. The van der Waals surface area contributed by atoms with Crippen molar-refractivity contribution >= 4 is 23.4 Å². The average Bonchev–Trinajstić information content (AvgIpc) is 3.34. The quantitative estimate of drug-likeness (QED) is 0.349. The van der Waals surface area contributed by atoms with Crippen LogP contribution < -0.4 is 9.64 Å². The van der Waals surface area contributed by atoms with Crippen molar-refractivity contribution in [1.82, 2.24) is 4.90 Å². The van der Waals surface area contributed by atoms with Crippen molar-refractivity contribution in [2.75, 3.05) is 11.9 Å². The largest absolute Gasteiger partial charge is 0.457 e. The molecule has 6 heteroatoms. The molecule has 0 aliphatic carbocycles. The van der Waals surface area contributed by atoms with Crippen molar-refractivity contribution in [3.8, 4) is 22.6 Å². The Bertz CT molecular complexity index is 1560. The van der Waals surface area contributed by atoms with Gasteiger partial charge >= 0.3 is 0 Å². The summed E-state index contributed by atoms with van der Waals surface area (Å²) in [6.07, 6.45) is 0. The molecule has 0 radical (unpaired) electrons. The molecule has 4 aromatic carbocycles. The lowest BCUT2D eigenvalue weighted by Crippen LogP contribution is -2.24. The molecule has 0 spiro atoms. The predicted molar refractivity (Wildman–Crippen MR) is 137 cm³/mol. The summed E-state index contributed by atoms with van der Waals surface area (Å²) in [7, 11) is 1.49. The molecule has 2 heterocycles. The molecular weight excluding hydrogens is 452 g/mol. The zero-order valence-corrected chi connectivity index (χ0v) is 19.8. The first-order chi connectivity index (χ1) is 17.4. The number of amides is 3. The van der Waals surface area contributed by atoms with Gasteiger partial charge in [0, 0.05) is 18.3 Å². The van der Waals surface area contributed by atoms with Crippen LogP contribution in [-0.2, 0) is 6.54 Å². The Morgan fingerprint density at radius 3 is 1.92 bits per heavy atom. The van der Waals surface area contributed by atoms with E-state index in [-0.39, 0.29) is 17.7 Å². The van der Waals surface area contributed by atoms with Gasteiger partial charge in [-0.15, -0.1) is 0 Å². The minimum absolute atomic E-state index is 0.0555. The molecule has 0 aromatic heterocycles. The molecule has 6 rings (SSSR count). The van der Waals surface area contributed by atoms with Crippen molar-refractivity contribution in [3.05, 3.63) is 113 Å². The molecule has 2 aliphatic heterocycles. The summed E-state index contributed by atoms with van der Waals surface area (Å²) < 4.78 is 5.91. The summed E-state index contributed by atoms with van der Waals surface area (Å²) in [6.45, 7) is 2.48. The van der Waals surface area contributed by atoms with E-state index in [9.17, 15) is 14.4 Å². The molecule has 0 fully saturated rings. The van der Waals surface area contributed by atoms with Crippen LogP contribution in [0.1, 0.15) is 42.2 Å². The number of aryl methyl sites for hydroxylation is 1. The zero-order valence-electron chi connectivity index (χ0n) is 19.8. The molecule has 176 valence electrons. The zero-order chi connectivity index (χ0) is 25.0. The number of hydrogen-bond acceptors (Lipinski definition) is 4.